The number of hydrogen-bond acceptors (Lipinski definition) is 5. The predicted octanol–water partition coefficient (Wildman–Crippen LogP) is 3.68. The molecule has 0 radical (unpaired) electrons. The van der Waals surface area contributed by atoms with Gasteiger partial charge < -0.3 is 14.8 Å². The van der Waals surface area contributed by atoms with E-state index in [-0.39, 0.29) is 5.69 Å². The molecule has 0 saturated carbocycles. The lowest BCUT2D eigenvalue weighted by molar-refractivity contribution is -0.120. The summed E-state index contributed by atoms with van der Waals surface area (Å²) in [5.41, 5.74) is 3.11. The third-order valence-corrected chi connectivity index (χ3v) is 6.32. The minimum absolute atomic E-state index is 0.223. The van der Waals surface area contributed by atoms with Gasteiger partial charge in [0, 0.05) is 6.07 Å². The second-order valence-electron chi connectivity index (χ2n) is 7.63. The second-order valence-corrected chi connectivity index (χ2v) is 9.54. The topological polar surface area (TPSA) is 84.9 Å². The van der Waals surface area contributed by atoms with Crippen molar-refractivity contribution < 1.29 is 22.7 Å². The number of amides is 1. The van der Waals surface area contributed by atoms with Crippen molar-refractivity contribution in [3.63, 3.8) is 0 Å². The van der Waals surface area contributed by atoms with Crippen molar-refractivity contribution in [1.29, 1.82) is 0 Å². The van der Waals surface area contributed by atoms with Crippen molar-refractivity contribution in [2.75, 3.05) is 31.3 Å². The van der Waals surface area contributed by atoms with Crippen LogP contribution in [0.3, 0.4) is 0 Å². The van der Waals surface area contributed by atoms with E-state index in [4.69, 9.17) is 9.47 Å². The zero-order valence-corrected chi connectivity index (χ0v) is 19.9. The molecule has 0 aliphatic rings. The van der Waals surface area contributed by atoms with Crippen molar-refractivity contribution >= 4 is 21.6 Å². The van der Waals surface area contributed by atoms with Gasteiger partial charge in [-0.3, -0.25) is 9.10 Å². The second kappa shape index (κ2) is 10.4. The molecule has 1 amide bonds. The fourth-order valence-corrected chi connectivity index (χ4v) is 4.33. The maximum absolute atomic E-state index is 13.2. The molecule has 33 heavy (non-hydrogen) atoms. The summed E-state index contributed by atoms with van der Waals surface area (Å²) in [4.78, 5) is 13.2. The Morgan fingerprint density at radius 3 is 2.15 bits per heavy atom. The number of methoxy groups -OCH3 is 2. The number of rotatable bonds is 9. The summed E-state index contributed by atoms with van der Waals surface area (Å²) in [6, 6.07) is 21.7. The van der Waals surface area contributed by atoms with Crippen LogP contribution in [0.1, 0.15) is 22.7 Å². The summed E-state index contributed by atoms with van der Waals surface area (Å²) in [5.74, 6) is 0.300. The number of ether oxygens (including phenoxy) is 2. The summed E-state index contributed by atoms with van der Waals surface area (Å²) >= 11 is 0. The number of hydrogen-bond donors (Lipinski definition) is 1. The van der Waals surface area contributed by atoms with E-state index in [0.717, 1.165) is 27.3 Å². The summed E-state index contributed by atoms with van der Waals surface area (Å²) in [6.07, 6.45) is 1.05. The van der Waals surface area contributed by atoms with Crippen LogP contribution in [0.15, 0.2) is 72.8 Å². The van der Waals surface area contributed by atoms with Gasteiger partial charge >= 0.3 is 0 Å². The van der Waals surface area contributed by atoms with Gasteiger partial charge in [-0.05, 0) is 30.2 Å². The van der Waals surface area contributed by atoms with E-state index >= 15 is 0 Å². The molecule has 7 nitrogen and oxygen atoms in total. The molecule has 174 valence electrons. The smallest absolute Gasteiger partial charge is 0.241 e. The maximum atomic E-state index is 13.2. The van der Waals surface area contributed by atoms with Gasteiger partial charge in [-0.2, -0.15) is 0 Å². The molecule has 0 aromatic heterocycles. The molecule has 1 atom stereocenters. The number of carbonyl (C=O) groups excluding carboxylic acids is 1. The van der Waals surface area contributed by atoms with Crippen molar-refractivity contribution in [1.82, 2.24) is 5.32 Å². The van der Waals surface area contributed by atoms with Crippen molar-refractivity contribution in [3.05, 3.63) is 89.5 Å². The van der Waals surface area contributed by atoms with Gasteiger partial charge in [0.2, 0.25) is 15.9 Å². The molecule has 0 fully saturated rings. The summed E-state index contributed by atoms with van der Waals surface area (Å²) in [5, 5.41) is 2.99. The van der Waals surface area contributed by atoms with Crippen LogP contribution in [0.2, 0.25) is 0 Å². The molecule has 0 spiro atoms. The van der Waals surface area contributed by atoms with E-state index < -0.39 is 28.5 Å². The third kappa shape index (κ3) is 6.04. The molecule has 3 aromatic carbocycles. The highest BCUT2D eigenvalue weighted by Gasteiger charge is 2.26. The summed E-state index contributed by atoms with van der Waals surface area (Å²) in [6.45, 7) is 1.57. The Kier molecular flexibility index (Phi) is 7.60. The Labute approximate surface area is 195 Å². The van der Waals surface area contributed by atoms with E-state index in [1.54, 1.807) is 12.1 Å². The first-order valence-corrected chi connectivity index (χ1v) is 12.2. The number of nitrogens with zero attached hydrogens (tertiary/aromatic N) is 1. The van der Waals surface area contributed by atoms with Crippen molar-refractivity contribution in [2.45, 2.75) is 13.0 Å². The lowest BCUT2D eigenvalue weighted by Gasteiger charge is -2.26. The summed E-state index contributed by atoms with van der Waals surface area (Å²) in [7, 11) is -0.884. The first-order chi connectivity index (χ1) is 15.7. The highest BCUT2D eigenvalue weighted by molar-refractivity contribution is 7.92. The SMILES string of the molecule is COc1ccc(OC)c(N(CC(=O)N[C@@H](c2ccccc2)c2ccc(C)cc2)S(C)(=O)=O)c1. The quantitative estimate of drug-likeness (QED) is 0.518. The molecular formula is C25H28N2O5S. The van der Waals surface area contributed by atoms with Crippen LogP contribution >= 0.6 is 0 Å². The fraction of sp³-hybridized carbons (Fsp3) is 0.240. The molecule has 0 aliphatic carbocycles. The molecule has 0 heterocycles. The molecule has 3 aromatic rings. The van der Waals surface area contributed by atoms with E-state index in [2.05, 4.69) is 5.32 Å². The van der Waals surface area contributed by atoms with E-state index in [1.807, 2.05) is 61.5 Å². The lowest BCUT2D eigenvalue weighted by atomic mass is 9.98. The van der Waals surface area contributed by atoms with Crippen LogP contribution in [0.4, 0.5) is 5.69 Å². The largest absolute Gasteiger partial charge is 0.497 e. The fourth-order valence-electron chi connectivity index (χ4n) is 3.47. The molecule has 0 unspecified atom stereocenters. The number of carbonyl (C=O) groups is 1. The van der Waals surface area contributed by atoms with Crippen LogP contribution < -0.4 is 19.1 Å². The van der Waals surface area contributed by atoms with Gasteiger partial charge in [-0.15, -0.1) is 0 Å². The van der Waals surface area contributed by atoms with Gasteiger partial charge in [0.25, 0.3) is 0 Å². The number of aryl methyl sites for hydroxylation is 1. The average molecular weight is 469 g/mol. The molecule has 0 aliphatic heterocycles. The van der Waals surface area contributed by atoms with Crippen LogP contribution in [-0.2, 0) is 14.8 Å². The minimum Gasteiger partial charge on any atom is -0.497 e. The number of anilines is 1. The monoisotopic (exact) mass is 468 g/mol. The van der Waals surface area contributed by atoms with Gasteiger partial charge in [0.05, 0.1) is 32.2 Å². The zero-order valence-electron chi connectivity index (χ0n) is 19.1. The van der Waals surface area contributed by atoms with Crippen molar-refractivity contribution in [2.24, 2.45) is 0 Å². The van der Waals surface area contributed by atoms with E-state index in [9.17, 15) is 13.2 Å². The average Bonchev–Trinajstić information content (AvgIpc) is 2.81. The van der Waals surface area contributed by atoms with Gasteiger partial charge in [-0.25, -0.2) is 8.42 Å². The molecular weight excluding hydrogens is 440 g/mol. The maximum Gasteiger partial charge on any atom is 0.241 e. The minimum atomic E-state index is -3.80. The zero-order chi connectivity index (χ0) is 24.0. The van der Waals surface area contributed by atoms with Crippen LogP contribution in [0.5, 0.6) is 11.5 Å². The molecule has 1 N–H and O–H groups in total. The first-order valence-electron chi connectivity index (χ1n) is 10.3. The van der Waals surface area contributed by atoms with Gasteiger partial charge in [-0.1, -0.05) is 60.2 Å². The first kappa shape index (κ1) is 24.1. The molecule has 0 bridgehead atoms. The van der Waals surface area contributed by atoms with E-state index in [0.29, 0.717) is 11.5 Å². The van der Waals surface area contributed by atoms with Crippen LogP contribution in [0, 0.1) is 6.92 Å². The Hall–Kier alpha value is -3.52. The highest BCUT2D eigenvalue weighted by atomic mass is 32.2. The van der Waals surface area contributed by atoms with Crippen LogP contribution in [0.25, 0.3) is 0 Å². The molecule has 0 saturated heterocycles. The Bertz CT molecular complexity index is 1200. The highest BCUT2D eigenvalue weighted by Crippen LogP contribution is 2.33. The number of nitrogens with one attached hydrogen (secondary N) is 1. The standard InChI is InChI=1S/C25H28N2O5S/c1-18-10-12-20(13-11-18)25(19-8-6-5-7-9-19)26-24(28)17-27(33(4,29)30)22-16-21(31-2)14-15-23(22)32-3/h5-16,25H,17H2,1-4H3,(H,26,28)/t25-/m0/s1. The number of sulfonamides is 1. The normalized spacial score (nSPS) is 12.0. The Morgan fingerprint density at radius 1 is 0.939 bits per heavy atom. The number of benzene rings is 3. The Balaban J connectivity index is 1.94. The van der Waals surface area contributed by atoms with Gasteiger partial charge in [0.15, 0.2) is 0 Å². The predicted molar refractivity (Wildman–Crippen MR) is 129 cm³/mol. The molecule has 3 rings (SSSR count). The Morgan fingerprint density at radius 2 is 1.58 bits per heavy atom. The van der Waals surface area contributed by atoms with Gasteiger partial charge in [0.1, 0.15) is 18.0 Å². The van der Waals surface area contributed by atoms with Crippen molar-refractivity contribution in [3.8, 4) is 11.5 Å². The third-order valence-electron chi connectivity index (χ3n) is 5.19. The van der Waals surface area contributed by atoms with E-state index in [1.165, 1.54) is 20.3 Å². The molecule has 8 heteroatoms. The summed E-state index contributed by atoms with van der Waals surface area (Å²) < 4.78 is 36.9. The van der Waals surface area contributed by atoms with Crippen LogP contribution in [-0.4, -0.2) is 41.3 Å². The lowest BCUT2D eigenvalue weighted by Crippen LogP contribution is -2.42.